The number of rotatable bonds is 13. The summed E-state index contributed by atoms with van der Waals surface area (Å²) in [5.74, 6) is -2.43. The Labute approximate surface area is 253 Å². The number of aliphatic carboxylic acids is 1. The highest BCUT2D eigenvalue weighted by atomic mass is 19.1. The summed E-state index contributed by atoms with van der Waals surface area (Å²) in [6.07, 6.45) is 0.133. The number of benzene rings is 4. The maximum Gasteiger partial charge on any atom is 0.305 e. The minimum absolute atomic E-state index is 0.0417. The Balaban J connectivity index is 1.62. The number of ether oxygens (including phenoxy) is 2. The summed E-state index contributed by atoms with van der Waals surface area (Å²) < 4.78 is 39.0. The molecule has 2 amide bonds. The van der Waals surface area contributed by atoms with Crippen LogP contribution in [-0.4, -0.2) is 55.1 Å². The first kappa shape index (κ1) is 31.7. The van der Waals surface area contributed by atoms with Crippen molar-refractivity contribution in [2.75, 3.05) is 27.3 Å². The molecule has 0 aliphatic carbocycles. The average molecular weight is 603 g/mol. The van der Waals surface area contributed by atoms with Crippen LogP contribution in [0, 0.1) is 11.6 Å². The smallest absolute Gasteiger partial charge is 0.305 e. The molecule has 0 saturated heterocycles. The van der Waals surface area contributed by atoms with Crippen LogP contribution in [0.25, 0.3) is 11.1 Å². The van der Waals surface area contributed by atoms with Crippen molar-refractivity contribution in [2.24, 2.45) is 0 Å². The molecule has 228 valence electrons. The van der Waals surface area contributed by atoms with Gasteiger partial charge in [-0.3, -0.25) is 14.4 Å². The Bertz CT molecular complexity index is 1620. The predicted molar refractivity (Wildman–Crippen MR) is 161 cm³/mol. The van der Waals surface area contributed by atoms with Crippen molar-refractivity contribution in [3.8, 4) is 22.6 Å². The van der Waals surface area contributed by atoms with E-state index in [0.29, 0.717) is 29.0 Å². The van der Waals surface area contributed by atoms with E-state index in [1.165, 1.54) is 25.2 Å². The molecule has 0 bridgehead atoms. The number of nitrogens with zero attached hydrogens (tertiary/aromatic N) is 1. The molecule has 4 aromatic rings. The number of hydrogen-bond acceptors (Lipinski definition) is 5. The fraction of sp³-hybridized carbons (Fsp3) is 0.206. The van der Waals surface area contributed by atoms with Gasteiger partial charge in [-0.25, -0.2) is 8.78 Å². The van der Waals surface area contributed by atoms with Crippen LogP contribution in [0.2, 0.25) is 0 Å². The second kappa shape index (κ2) is 14.8. The van der Waals surface area contributed by atoms with Crippen molar-refractivity contribution < 1.29 is 37.7 Å². The summed E-state index contributed by atoms with van der Waals surface area (Å²) in [7, 11) is 3.07. The van der Waals surface area contributed by atoms with E-state index in [1.54, 1.807) is 54.6 Å². The van der Waals surface area contributed by atoms with Crippen LogP contribution in [0.3, 0.4) is 0 Å². The molecule has 0 spiro atoms. The lowest BCUT2D eigenvalue weighted by Gasteiger charge is -2.24. The number of hydrogen-bond donors (Lipinski definition) is 2. The van der Waals surface area contributed by atoms with Gasteiger partial charge in [0.15, 0.2) is 0 Å². The zero-order valence-corrected chi connectivity index (χ0v) is 24.3. The van der Waals surface area contributed by atoms with Gasteiger partial charge in [0, 0.05) is 42.4 Å². The zero-order valence-electron chi connectivity index (χ0n) is 24.3. The molecule has 2 N–H and O–H groups in total. The van der Waals surface area contributed by atoms with E-state index in [9.17, 15) is 28.3 Å². The van der Waals surface area contributed by atoms with Crippen molar-refractivity contribution >= 4 is 17.8 Å². The van der Waals surface area contributed by atoms with E-state index in [0.717, 1.165) is 17.7 Å². The lowest BCUT2D eigenvalue weighted by Crippen LogP contribution is -2.35. The lowest BCUT2D eigenvalue weighted by atomic mass is 9.94. The molecule has 0 atom stereocenters. The topological polar surface area (TPSA) is 105 Å². The maximum atomic E-state index is 14.1. The van der Waals surface area contributed by atoms with Gasteiger partial charge >= 0.3 is 5.97 Å². The van der Waals surface area contributed by atoms with Crippen molar-refractivity contribution in [1.29, 1.82) is 0 Å². The second-order valence-corrected chi connectivity index (χ2v) is 9.88. The standard InChI is InChI=1S/C34H32F2N2O6/c1-43-23-18-22(19-24(20-23)44-2)14-16-38(17-15-32(39)40)34(42)28-11-6-4-9-26(28)25-8-3-5-10-27(25)33(41)37-21-29-30(35)12-7-13-31(29)36/h3-13,18-20H,14-17,21H2,1-2H3,(H,37,41)(H,39,40). The molecule has 0 aromatic heterocycles. The quantitative estimate of drug-likeness (QED) is 0.202. The van der Waals surface area contributed by atoms with Gasteiger partial charge in [0.25, 0.3) is 11.8 Å². The van der Waals surface area contributed by atoms with E-state index in [1.807, 2.05) is 12.1 Å². The molecule has 44 heavy (non-hydrogen) atoms. The van der Waals surface area contributed by atoms with Crippen LogP contribution in [0.4, 0.5) is 8.78 Å². The van der Waals surface area contributed by atoms with E-state index >= 15 is 0 Å². The van der Waals surface area contributed by atoms with Crippen molar-refractivity contribution in [1.82, 2.24) is 10.2 Å². The molecule has 0 heterocycles. The molecule has 8 nitrogen and oxygen atoms in total. The van der Waals surface area contributed by atoms with Gasteiger partial charge in [-0.05, 0) is 59.5 Å². The molecule has 0 aliphatic heterocycles. The van der Waals surface area contributed by atoms with Crippen LogP contribution in [-0.2, 0) is 17.8 Å². The monoisotopic (exact) mass is 602 g/mol. The summed E-state index contributed by atoms with van der Waals surface area (Å²) in [5.41, 5.74) is 1.90. The van der Waals surface area contributed by atoms with Crippen LogP contribution in [0.15, 0.2) is 84.9 Å². The largest absolute Gasteiger partial charge is 0.497 e. The Morgan fingerprint density at radius 2 is 1.34 bits per heavy atom. The van der Waals surface area contributed by atoms with Crippen LogP contribution < -0.4 is 14.8 Å². The molecular weight excluding hydrogens is 570 g/mol. The summed E-state index contributed by atoms with van der Waals surface area (Å²) in [6, 6.07) is 22.1. The summed E-state index contributed by atoms with van der Waals surface area (Å²) in [6.45, 7) is -0.211. The number of carbonyl (C=O) groups excluding carboxylic acids is 2. The molecule has 10 heteroatoms. The summed E-state index contributed by atoms with van der Waals surface area (Å²) in [4.78, 5) is 40.2. The van der Waals surface area contributed by atoms with Crippen molar-refractivity contribution in [3.05, 3.63) is 119 Å². The number of halogens is 2. The van der Waals surface area contributed by atoms with E-state index in [2.05, 4.69) is 5.32 Å². The van der Waals surface area contributed by atoms with Crippen LogP contribution >= 0.6 is 0 Å². The number of methoxy groups -OCH3 is 2. The third kappa shape index (κ3) is 7.77. The fourth-order valence-corrected chi connectivity index (χ4v) is 4.78. The average Bonchev–Trinajstić information content (AvgIpc) is 3.03. The highest BCUT2D eigenvalue weighted by Gasteiger charge is 2.23. The third-order valence-electron chi connectivity index (χ3n) is 7.07. The molecule has 0 fully saturated rings. The zero-order chi connectivity index (χ0) is 31.6. The molecule has 0 unspecified atom stereocenters. The molecule has 4 aromatic carbocycles. The second-order valence-electron chi connectivity index (χ2n) is 9.88. The molecule has 0 radical (unpaired) electrons. The Kier molecular flexibility index (Phi) is 10.6. The van der Waals surface area contributed by atoms with Gasteiger partial charge in [0.05, 0.1) is 20.6 Å². The lowest BCUT2D eigenvalue weighted by molar-refractivity contribution is -0.137. The number of carboxylic acids is 1. The first-order chi connectivity index (χ1) is 21.2. The normalized spacial score (nSPS) is 10.6. The number of carbonyl (C=O) groups is 3. The summed E-state index contributed by atoms with van der Waals surface area (Å²) in [5, 5.41) is 11.9. The van der Waals surface area contributed by atoms with Crippen LogP contribution in [0.1, 0.15) is 38.3 Å². The number of amides is 2. The number of nitrogens with one attached hydrogen (secondary N) is 1. The third-order valence-corrected chi connectivity index (χ3v) is 7.07. The minimum atomic E-state index is -1.05. The highest BCUT2D eigenvalue weighted by Crippen LogP contribution is 2.29. The van der Waals surface area contributed by atoms with Crippen molar-refractivity contribution in [3.63, 3.8) is 0 Å². The number of carboxylic acid groups (broad SMARTS) is 1. The van der Waals surface area contributed by atoms with E-state index < -0.39 is 29.4 Å². The minimum Gasteiger partial charge on any atom is -0.497 e. The van der Waals surface area contributed by atoms with Gasteiger partial charge in [-0.15, -0.1) is 0 Å². The molecule has 0 saturated carbocycles. The van der Waals surface area contributed by atoms with Gasteiger partial charge in [-0.1, -0.05) is 42.5 Å². The van der Waals surface area contributed by atoms with E-state index in [-0.39, 0.29) is 42.7 Å². The van der Waals surface area contributed by atoms with Gasteiger partial charge in [0.2, 0.25) is 0 Å². The SMILES string of the molecule is COc1cc(CCN(CCC(=O)O)C(=O)c2ccccc2-c2ccccc2C(=O)NCc2c(F)cccc2F)cc(OC)c1. The molecular formula is C34H32F2N2O6. The van der Waals surface area contributed by atoms with Gasteiger partial charge in [-0.2, -0.15) is 0 Å². The maximum absolute atomic E-state index is 14.1. The first-order valence-corrected chi connectivity index (χ1v) is 13.8. The summed E-state index contributed by atoms with van der Waals surface area (Å²) >= 11 is 0. The first-order valence-electron chi connectivity index (χ1n) is 13.8. The predicted octanol–water partition coefficient (Wildman–Crippen LogP) is 5.74. The Hall–Kier alpha value is -5.25. The van der Waals surface area contributed by atoms with E-state index in [4.69, 9.17) is 9.47 Å². The van der Waals surface area contributed by atoms with Crippen molar-refractivity contribution in [2.45, 2.75) is 19.4 Å². The Morgan fingerprint density at radius 3 is 1.93 bits per heavy atom. The van der Waals surface area contributed by atoms with Gasteiger partial charge < -0.3 is 24.8 Å². The Morgan fingerprint density at radius 1 is 0.773 bits per heavy atom. The highest BCUT2D eigenvalue weighted by molar-refractivity contribution is 6.06. The molecule has 4 rings (SSSR count). The fourth-order valence-electron chi connectivity index (χ4n) is 4.78. The van der Waals surface area contributed by atoms with Gasteiger partial charge in [0.1, 0.15) is 23.1 Å². The van der Waals surface area contributed by atoms with Crippen LogP contribution in [0.5, 0.6) is 11.5 Å². The molecule has 0 aliphatic rings.